The van der Waals surface area contributed by atoms with Gasteiger partial charge in [0.05, 0.1) is 6.04 Å². The molecule has 0 aliphatic heterocycles. The molecule has 0 bridgehead atoms. The number of carbonyl (C=O) groups excluding carboxylic acids is 1. The summed E-state index contributed by atoms with van der Waals surface area (Å²) in [6.45, 7) is 10.5. The Kier molecular flexibility index (Phi) is 8.32. The van der Waals surface area contributed by atoms with E-state index in [2.05, 4.69) is 56.9 Å². The van der Waals surface area contributed by atoms with Crippen LogP contribution in [0.25, 0.3) is 0 Å². The summed E-state index contributed by atoms with van der Waals surface area (Å²) in [6, 6.07) is 19.8. The Morgan fingerprint density at radius 3 is 2.44 bits per heavy atom. The Hall–Kier alpha value is -3.27. The molecule has 0 radical (unpaired) electrons. The third kappa shape index (κ3) is 5.91. The molecule has 1 N–H and O–H groups in total. The van der Waals surface area contributed by atoms with Gasteiger partial charge in [-0.15, -0.1) is 6.58 Å². The molecule has 168 valence electrons. The van der Waals surface area contributed by atoms with E-state index in [0.717, 1.165) is 36.1 Å². The van der Waals surface area contributed by atoms with Gasteiger partial charge in [0.25, 0.3) is 5.91 Å². The summed E-state index contributed by atoms with van der Waals surface area (Å²) in [4.78, 5) is 12.8. The van der Waals surface area contributed by atoms with Crippen LogP contribution in [0.2, 0.25) is 0 Å². The van der Waals surface area contributed by atoms with Gasteiger partial charge >= 0.3 is 0 Å². The van der Waals surface area contributed by atoms with E-state index in [0.29, 0.717) is 11.7 Å². The van der Waals surface area contributed by atoms with Crippen LogP contribution in [-0.2, 0) is 13.0 Å². The predicted molar refractivity (Wildman–Crippen MR) is 129 cm³/mol. The molecular formula is C28H33NO3. The Labute approximate surface area is 191 Å². The fourth-order valence-corrected chi connectivity index (χ4v) is 3.64. The minimum Gasteiger partial charge on any atom is -0.485 e. The summed E-state index contributed by atoms with van der Waals surface area (Å²) in [5, 5.41) is 3.09. The number of furan rings is 1. The Bertz CT molecular complexity index is 1020. The van der Waals surface area contributed by atoms with E-state index in [9.17, 15) is 4.79 Å². The zero-order valence-electron chi connectivity index (χ0n) is 19.3. The lowest BCUT2D eigenvalue weighted by Crippen LogP contribution is -2.27. The molecule has 2 aromatic carbocycles. The second kappa shape index (κ2) is 11.4. The second-order valence-electron chi connectivity index (χ2n) is 8.07. The first kappa shape index (κ1) is 23.4. The number of benzene rings is 2. The standard InChI is InChI=1S/C28H33NO3/c1-5-10-23-11-8-9-12-26(23)31-19-24-17-18-27(32-24)28(30)29-25(7-3)22-15-13-21(14-16-22)20(4)6-2/h5,8-9,11-18,20,25H,1,6-7,10,19H2,2-4H3,(H,29,30). The van der Waals surface area contributed by atoms with Crippen molar-refractivity contribution in [3.63, 3.8) is 0 Å². The molecule has 0 spiro atoms. The van der Waals surface area contributed by atoms with Crippen molar-refractivity contribution in [2.75, 3.05) is 0 Å². The second-order valence-corrected chi connectivity index (χ2v) is 8.07. The molecule has 4 nitrogen and oxygen atoms in total. The first-order valence-electron chi connectivity index (χ1n) is 11.4. The third-order valence-corrected chi connectivity index (χ3v) is 5.83. The summed E-state index contributed by atoms with van der Waals surface area (Å²) in [5.74, 6) is 2.00. The van der Waals surface area contributed by atoms with Crippen molar-refractivity contribution >= 4 is 5.91 Å². The van der Waals surface area contributed by atoms with Gasteiger partial charge < -0.3 is 14.5 Å². The summed E-state index contributed by atoms with van der Waals surface area (Å²) in [7, 11) is 0. The van der Waals surface area contributed by atoms with Gasteiger partial charge in [0.2, 0.25) is 0 Å². The van der Waals surface area contributed by atoms with Gasteiger partial charge in [0.1, 0.15) is 18.1 Å². The summed E-state index contributed by atoms with van der Waals surface area (Å²) in [6.07, 6.45) is 4.49. The van der Waals surface area contributed by atoms with Crippen LogP contribution in [0.3, 0.4) is 0 Å². The zero-order chi connectivity index (χ0) is 22.9. The molecule has 1 heterocycles. The van der Waals surface area contributed by atoms with E-state index in [1.807, 2.05) is 30.3 Å². The third-order valence-electron chi connectivity index (χ3n) is 5.83. The largest absolute Gasteiger partial charge is 0.485 e. The highest BCUT2D eigenvalue weighted by atomic mass is 16.5. The monoisotopic (exact) mass is 431 g/mol. The summed E-state index contributed by atoms with van der Waals surface area (Å²) < 4.78 is 11.7. The predicted octanol–water partition coefficient (Wildman–Crippen LogP) is 6.98. The minimum absolute atomic E-state index is 0.0657. The van der Waals surface area contributed by atoms with Crippen LogP contribution in [0, 0.1) is 0 Å². The molecule has 32 heavy (non-hydrogen) atoms. The summed E-state index contributed by atoms with van der Waals surface area (Å²) in [5.41, 5.74) is 3.49. The van der Waals surface area contributed by atoms with Crippen LogP contribution in [0.1, 0.15) is 78.6 Å². The smallest absolute Gasteiger partial charge is 0.287 e. The number of allylic oxidation sites excluding steroid dienone is 1. The first-order valence-corrected chi connectivity index (χ1v) is 11.4. The quantitative estimate of drug-likeness (QED) is 0.333. The van der Waals surface area contributed by atoms with Crippen LogP contribution in [0.5, 0.6) is 5.75 Å². The highest BCUT2D eigenvalue weighted by molar-refractivity contribution is 5.91. The van der Waals surface area contributed by atoms with Crippen molar-refractivity contribution in [2.45, 2.75) is 58.6 Å². The van der Waals surface area contributed by atoms with Gasteiger partial charge in [-0.2, -0.15) is 0 Å². The van der Waals surface area contributed by atoms with Crippen LogP contribution in [-0.4, -0.2) is 5.91 Å². The number of hydrogen-bond acceptors (Lipinski definition) is 3. The van der Waals surface area contributed by atoms with Crippen LogP contribution in [0.4, 0.5) is 0 Å². The van der Waals surface area contributed by atoms with Crippen LogP contribution in [0.15, 0.2) is 77.7 Å². The maximum atomic E-state index is 12.8. The SMILES string of the molecule is C=CCc1ccccc1OCc1ccc(C(=O)NC(CC)c2ccc(C(C)CC)cc2)o1. The maximum absolute atomic E-state index is 12.8. The van der Waals surface area contributed by atoms with Gasteiger partial charge in [-0.1, -0.05) is 69.3 Å². The van der Waals surface area contributed by atoms with E-state index in [-0.39, 0.29) is 24.3 Å². The fraction of sp³-hybridized carbons (Fsp3) is 0.321. The average molecular weight is 432 g/mol. The van der Waals surface area contributed by atoms with Crippen molar-refractivity contribution in [1.82, 2.24) is 5.32 Å². The number of nitrogens with one attached hydrogen (secondary N) is 1. The van der Waals surface area contributed by atoms with E-state index >= 15 is 0 Å². The minimum atomic E-state index is -0.221. The van der Waals surface area contributed by atoms with Gasteiger partial charge in [-0.25, -0.2) is 0 Å². The van der Waals surface area contributed by atoms with Crippen molar-refractivity contribution in [2.24, 2.45) is 0 Å². The lowest BCUT2D eigenvalue weighted by Gasteiger charge is -2.18. The number of para-hydroxylation sites is 1. The Balaban J connectivity index is 1.61. The van der Waals surface area contributed by atoms with Crippen LogP contribution >= 0.6 is 0 Å². The van der Waals surface area contributed by atoms with Gasteiger partial charge in [-0.05, 0) is 60.1 Å². The van der Waals surface area contributed by atoms with E-state index < -0.39 is 0 Å². The molecule has 0 fully saturated rings. The molecule has 1 amide bonds. The molecule has 0 saturated carbocycles. The van der Waals surface area contributed by atoms with Crippen molar-refractivity contribution in [3.05, 3.63) is 102 Å². The molecular weight excluding hydrogens is 398 g/mol. The number of amides is 1. The molecule has 2 unspecified atom stereocenters. The number of ether oxygens (including phenoxy) is 1. The van der Waals surface area contributed by atoms with Crippen molar-refractivity contribution in [1.29, 1.82) is 0 Å². The molecule has 0 aliphatic rings. The van der Waals surface area contributed by atoms with E-state index in [1.165, 1.54) is 5.56 Å². The Morgan fingerprint density at radius 1 is 1.03 bits per heavy atom. The number of hydrogen-bond donors (Lipinski definition) is 1. The topological polar surface area (TPSA) is 51.5 Å². The number of rotatable bonds is 11. The molecule has 3 aromatic rings. The highest BCUT2D eigenvalue weighted by Gasteiger charge is 2.18. The van der Waals surface area contributed by atoms with Crippen LogP contribution < -0.4 is 10.1 Å². The molecule has 4 heteroatoms. The number of carbonyl (C=O) groups is 1. The van der Waals surface area contributed by atoms with Gasteiger partial charge in [-0.3, -0.25) is 4.79 Å². The van der Waals surface area contributed by atoms with E-state index in [4.69, 9.17) is 9.15 Å². The highest BCUT2D eigenvalue weighted by Crippen LogP contribution is 2.24. The average Bonchev–Trinajstić information content (AvgIpc) is 3.31. The molecule has 1 aromatic heterocycles. The lowest BCUT2D eigenvalue weighted by molar-refractivity contribution is 0.0903. The normalized spacial score (nSPS) is 12.7. The van der Waals surface area contributed by atoms with E-state index in [1.54, 1.807) is 12.1 Å². The molecule has 2 atom stereocenters. The molecule has 0 saturated heterocycles. The first-order chi connectivity index (χ1) is 15.5. The molecule has 0 aliphatic carbocycles. The van der Waals surface area contributed by atoms with Gasteiger partial charge in [0.15, 0.2) is 5.76 Å². The molecule has 3 rings (SSSR count). The van der Waals surface area contributed by atoms with Crippen molar-refractivity contribution in [3.8, 4) is 5.75 Å². The Morgan fingerprint density at radius 2 is 1.75 bits per heavy atom. The zero-order valence-corrected chi connectivity index (χ0v) is 19.3. The van der Waals surface area contributed by atoms with Crippen molar-refractivity contribution < 1.29 is 13.9 Å². The fourth-order valence-electron chi connectivity index (χ4n) is 3.64. The lowest BCUT2D eigenvalue weighted by atomic mass is 9.95. The summed E-state index contributed by atoms with van der Waals surface area (Å²) >= 11 is 0. The van der Waals surface area contributed by atoms with Gasteiger partial charge in [0, 0.05) is 0 Å². The maximum Gasteiger partial charge on any atom is 0.287 e.